The van der Waals surface area contributed by atoms with Crippen LogP contribution in [0.2, 0.25) is 0 Å². The van der Waals surface area contributed by atoms with Crippen LogP contribution in [0.1, 0.15) is 6.42 Å². The lowest BCUT2D eigenvalue weighted by Crippen LogP contribution is -2.31. The number of nitrogens with two attached hydrogens (primary N) is 1. The second-order valence-electron chi connectivity index (χ2n) is 3.81. The molecule has 0 radical (unpaired) electrons. The smallest absolute Gasteiger partial charge is 0.304 e. The molecule has 1 atom stereocenters. The van der Waals surface area contributed by atoms with Gasteiger partial charge in [0.2, 0.25) is 0 Å². The van der Waals surface area contributed by atoms with Gasteiger partial charge in [0.15, 0.2) is 0 Å². The lowest BCUT2D eigenvalue weighted by molar-refractivity contribution is -0.137. The summed E-state index contributed by atoms with van der Waals surface area (Å²) in [6.45, 7) is 0.356. The molecule has 6 heteroatoms. The number of aliphatic carboxylic acids is 1. The number of methoxy groups -OCH3 is 2. The molecule has 18 heavy (non-hydrogen) atoms. The summed E-state index contributed by atoms with van der Waals surface area (Å²) in [5.74, 6) is 0.398. The number of benzene rings is 1. The zero-order valence-corrected chi connectivity index (χ0v) is 10.5. The van der Waals surface area contributed by atoms with E-state index in [1.807, 2.05) is 0 Å². The van der Waals surface area contributed by atoms with Gasteiger partial charge in [-0.05, 0) is 12.1 Å². The second kappa shape index (κ2) is 6.70. The Morgan fingerprint density at radius 1 is 1.44 bits per heavy atom. The standard InChI is InChI=1S/C12H18N2O4/c1-17-9-3-4-10(11(6-9)18-2)14-7-8(13)5-12(15)16/h3-4,6,8,14H,5,7,13H2,1-2H3,(H,15,16). The van der Waals surface area contributed by atoms with Crippen LogP contribution in [-0.2, 0) is 4.79 Å². The maximum atomic E-state index is 10.5. The van der Waals surface area contributed by atoms with E-state index in [1.165, 1.54) is 0 Å². The molecule has 1 rings (SSSR count). The van der Waals surface area contributed by atoms with Crippen molar-refractivity contribution in [1.82, 2.24) is 0 Å². The fourth-order valence-electron chi connectivity index (χ4n) is 1.48. The van der Waals surface area contributed by atoms with E-state index in [2.05, 4.69) is 5.32 Å². The zero-order chi connectivity index (χ0) is 13.5. The molecular formula is C12H18N2O4. The molecule has 0 aliphatic rings. The summed E-state index contributed by atoms with van der Waals surface area (Å²) in [5, 5.41) is 11.7. The average Bonchev–Trinajstić information content (AvgIpc) is 2.35. The average molecular weight is 254 g/mol. The molecule has 0 fully saturated rings. The van der Waals surface area contributed by atoms with Gasteiger partial charge >= 0.3 is 5.97 Å². The molecule has 1 aromatic carbocycles. The molecule has 0 aromatic heterocycles. The SMILES string of the molecule is COc1ccc(NCC(N)CC(=O)O)c(OC)c1. The normalized spacial score (nSPS) is 11.7. The monoisotopic (exact) mass is 254 g/mol. The van der Waals surface area contributed by atoms with E-state index < -0.39 is 12.0 Å². The van der Waals surface area contributed by atoms with Crippen molar-refractivity contribution in [3.05, 3.63) is 18.2 Å². The van der Waals surface area contributed by atoms with Crippen molar-refractivity contribution in [3.8, 4) is 11.5 Å². The van der Waals surface area contributed by atoms with Crippen LogP contribution in [0, 0.1) is 0 Å². The second-order valence-corrected chi connectivity index (χ2v) is 3.81. The quantitative estimate of drug-likeness (QED) is 0.670. The summed E-state index contributed by atoms with van der Waals surface area (Å²) in [4.78, 5) is 10.5. The van der Waals surface area contributed by atoms with Gasteiger partial charge in [0.25, 0.3) is 0 Å². The third-order valence-corrected chi connectivity index (χ3v) is 2.40. The molecule has 4 N–H and O–H groups in total. The number of carboxylic acid groups (broad SMARTS) is 1. The predicted molar refractivity (Wildman–Crippen MR) is 68.3 cm³/mol. The Morgan fingerprint density at radius 3 is 2.72 bits per heavy atom. The summed E-state index contributed by atoms with van der Waals surface area (Å²) >= 11 is 0. The summed E-state index contributed by atoms with van der Waals surface area (Å²) in [5.41, 5.74) is 6.41. The van der Waals surface area contributed by atoms with Crippen LogP contribution in [0.25, 0.3) is 0 Å². The van der Waals surface area contributed by atoms with Crippen LogP contribution in [0.3, 0.4) is 0 Å². The van der Waals surface area contributed by atoms with Crippen molar-refractivity contribution in [1.29, 1.82) is 0 Å². The van der Waals surface area contributed by atoms with Gasteiger partial charge in [0.1, 0.15) is 11.5 Å². The maximum absolute atomic E-state index is 10.5. The number of nitrogens with one attached hydrogen (secondary N) is 1. The van der Waals surface area contributed by atoms with Gasteiger partial charge in [-0.15, -0.1) is 0 Å². The van der Waals surface area contributed by atoms with Crippen LogP contribution in [-0.4, -0.2) is 37.9 Å². The van der Waals surface area contributed by atoms with Gasteiger partial charge in [-0.1, -0.05) is 0 Å². The molecule has 1 unspecified atom stereocenters. The van der Waals surface area contributed by atoms with Gasteiger partial charge in [-0.2, -0.15) is 0 Å². The Kier molecular flexibility index (Phi) is 5.26. The molecule has 0 aliphatic carbocycles. The first kappa shape index (κ1) is 14.1. The number of anilines is 1. The van der Waals surface area contributed by atoms with E-state index in [-0.39, 0.29) is 6.42 Å². The van der Waals surface area contributed by atoms with E-state index >= 15 is 0 Å². The Labute approximate surface area is 106 Å². The summed E-state index contributed by atoms with van der Waals surface area (Å²) in [7, 11) is 3.13. The van der Waals surface area contributed by atoms with Gasteiger partial charge in [-0.25, -0.2) is 0 Å². The van der Waals surface area contributed by atoms with Crippen LogP contribution in [0.4, 0.5) is 5.69 Å². The number of rotatable bonds is 7. The third-order valence-electron chi connectivity index (χ3n) is 2.40. The minimum atomic E-state index is -0.911. The fourth-order valence-corrected chi connectivity index (χ4v) is 1.48. The molecule has 0 saturated heterocycles. The molecule has 0 bridgehead atoms. The minimum Gasteiger partial charge on any atom is -0.497 e. The van der Waals surface area contributed by atoms with E-state index in [0.29, 0.717) is 18.0 Å². The third kappa shape index (κ3) is 4.14. The maximum Gasteiger partial charge on any atom is 0.304 e. The van der Waals surface area contributed by atoms with Gasteiger partial charge in [-0.3, -0.25) is 4.79 Å². The molecule has 100 valence electrons. The highest BCUT2D eigenvalue weighted by Crippen LogP contribution is 2.28. The number of ether oxygens (including phenoxy) is 2. The van der Waals surface area contributed by atoms with Crippen molar-refractivity contribution in [3.63, 3.8) is 0 Å². The van der Waals surface area contributed by atoms with Gasteiger partial charge in [0, 0.05) is 18.7 Å². The molecular weight excluding hydrogens is 236 g/mol. The van der Waals surface area contributed by atoms with Crippen molar-refractivity contribution < 1.29 is 19.4 Å². The van der Waals surface area contributed by atoms with Gasteiger partial charge < -0.3 is 25.6 Å². The number of carboxylic acids is 1. The Hall–Kier alpha value is -1.95. The Balaban J connectivity index is 2.64. The molecule has 0 saturated carbocycles. The summed E-state index contributed by atoms with van der Waals surface area (Å²) in [6, 6.07) is 4.87. The lowest BCUT2D eigenvalue weighted by atomic mass is 10.2. The van der Waals surface area contributed by atoms with E-state index in [4.69, 9.17) is 20.3 Å². The van der Waals surface area contributed by atoms with Gasteiger partial charge in [0.05, 0.1) is 26.3 Å². The zero-order valence-electron chi connectivity index (χ0n) is 10.5. The first-order valence-electron chi connectivity index (χ1n) is 5.50. The highest BCUT2D eigenvalue weighted by atomic mass is 16.5. The number of hydrogen-bond acceptors (Lipinski definition) is 5. The molecule has 1 aromatic rings. The Morgan fingerprint density at radius 2 is 2.17 bits per heavy atom. The highest BCUT2D eigenvalue weighted by molar-refractivity contribution is 5.67. The van der Waals surface area contributed by atoms with Crippen molar-refractivity contribution in [2.45, 2.75) is 12.5 Å². The molecule has 6 nitrogen and oxygen atoms in total. The summed E-state index contributed by atoms with van der Waals surface area (Å²) < 4.78 is 10.3. The van der Waals surface area contributed by atoms with E-state index in [0.717, 1.165) is 5.69 Å². The van der Waals surface area contributed by atoms with E-state index in [1.54, 1.807) is 32.4 Å². The molecule has 0 heterocycles. The van der Waals surface area contributed by atoms with Crippen LogP contribution in [0.15, 0.2) is 18.2 Å². The van der Waals surface area contributed by atoms with Crippen LogP contribution >= 0.6 is 0 Å². The topological polar surface area (TPSA) is 93.8 Å². The largest absolute Gasteiger partial charge is 0.497 e. The molecule has 0 aliphatic heterocycles. The summed E-state index contributed by atoms with van der Waals surface area (Å²) in [6.07, 6.45) is -0.0779. The van der Waals surface area contributed by atoms with Crippen molar-refractivity contribution in [2.24, 2.45) is 5.73 Å². The Bertz CT molecular complexity index is 409. The fraction of sp³-hybridized carbons (Fsp3) is 0.417. The minimum absolute atomic E-state index is 0.0779. The molecule has 0 amide bonds. The van der Waals surface area contributed by atoms with Crippen LogP contribution < -0.4 is 20.5 Å². The van der Waals surface area contributed by atoms with Crippen LogP contribution in [0.5, 0.6) is 11.5 Å². The number of hydrogen-bond donors (Lipinski definition) is 3. The predicted octanol–water partition coefficient (Wildman–Crippen LogP) is 0.918. The van der Waals surface area contributed by atoms with E-state index in [9.17, 15) is 4.79 Å². The number of carbonyl (C=O) groups is 1. The van der Waals surface area contributed by atoms with Crippen molar-refractivity contribution in [2.75, 3.05) is 26.1 Å². The first-order valence-corrected chi connectivity index (χ1v) is 5.50. The highest BCUT2D eigenvalue weighted by Gasteiger charge is 2.10. The van der Waals surface area contributed by atoms with Crippen molar-refractivity contribution >= 4 is 11.7 Å². The lowest BCUT2D eigenvalue weighted by Gasteiger charge is -2.15. The first-order chi connectivity index (χ1) is 8.56. The molecule has 0 spiro atoms.